The van der Waals surface area contributed by atoms with Gasteiger partial charge in [0.25, 0.3) is 5.91 Å². The molecule has 1 aliphatic heterocycles. The molecule has 1 saturated heterocycles. The molecule has 1 aromatic heterocycles. The highest BCUT2D eigenvalue weighted by Gasteiger charge is 2.26. The summed E-state index contributed by atoms with van der Waals surface area (Å²) in [7, 11) is 1.34. The van der Waals surface area contributed by atoms with E-state index in [1.54, 1.807) is 6.26 Å². The number of alkyl halides is 2. The third-order valence-electron chi connectivity index (χ3n) is 4.55. The van der Waals surface area contributed by atoms with Crippen LogP contribution in [-0.2, 0) is 0 Å². The topological polar surface area (TPSA) is 63.9 Å². The molecule has 0 aliphatic carbocycles. The quantitative estimate of drug-likeness (QED) is 0.760. The number of hydrogen-bond donors (Lipinski definition) is 1. The van der Waals surface area contributed by atoms with E-state index in [0.717, 1.165) is 31.7 Å². The van der Waals surface area contributed by atoms with Gasteiger partial charge in [0.2, 0.25) is 0 Å². The van der Waals surface area contributed by atoms with Crippen LogP contribution >= 0.6 is 0 Å². The minimum Gasteiger partial charge on any atom is -0.493 e. The van der Waals surface area contributed by atoms with Crippen LogP contribution in [0.4, 0.5) is 8.78 Å². The van der Waals surface area contributed by atoms with Crippen molar-refractivity contribution in [2.45, 2.75) is 25.5 Å². The van der Waals surface area contributed by atoms with Gasteiger partial charge in [-0.3, -0.25) is 9.69 Å². The smallest absolute Gasteiger partial charge is 0.387 e. The highest BCUT2D eigenvalue weighted by Crippen LogP contribution is 2.30. The van der Waals surface area contributed by atoms with Crippen molar-refractivity contribution in [3.05, 3.63) is 47.9 Å². The first-order chi connectivity index (χ1) is 13.1. The average molecular weight is 380 g/mol. The highest BCUT2D eigenvalue weighted by molar-refractivity contribution is 5.94. The maximum Gasteiger partial charge on any atom is 0.387 e. The van der Waals surface area contributed by atoms with Gasteiger partial charge in [0.1, 0.15) is 5.76 Å². The predicted molar refractivity (Wildman–Crippen MR) is 94.2 cm³/mol. The van der Waals surface area contributed by atoms with Gasteiger partial charge < -0.3 is 19.2 Å². The van der Waals surface area contributed by atoms with E-state index in [1.165, 1.54) is 25.3 Å². The Morgan fingerprint density at radius 1 is 1.26 bits per heavy atom. The van der Waals surface area contributed by atoms with Gasteiger partial charge in [0, 0.05) is 12.1 Å². The summed E-state index contributed by atoms with van der Waals surface area (Å²) >= 11 is 0. The SMILES string of the molecule is COc1ccc(C(=O)NCC(c2ccco2)N2CCCC2)cc1OC(F)F. The van der Waals surface area contributed by atoms with Gasteiger partial charge in [-0.2, -0.15) is 8.78 Å². The summed E-state index contributed by atoms with van der Waals surface area (Å²) in [4.78, 5) is 14.8. The maximum atomic E-state index is 12.6. The molecule has 0 radical (unpaired) electrons. The Hall–Kier alpha value is -2.61. The van der Waals surface area contributed by atoms with E-state index in [9.17, 15) is 13.6 Å². The van der Waals surface area contributed by atoms with Crippen LogP contribution in [-0.4, -0.2) is 44.2 Å². The number of hydrogen-bond acceptors (Lipinski definition) is 5. The summed E-state index contributed by atoms with van der Waals surface area (Å²) < 4.78 is 40.1. The van der Waals surface area contributed by atoms with Gasteiger partial charge in [-0.15, -0.1) is 0 Å². The summed E-state index contributed by atoms with van der Waals surface area (Å²) in [6.45, 7) is -0.772. The minimum absolute atomic E-state index is 0.0681. The lowest BCUT2D eigenvalue weighted by molar-refractivity contribution is -0.0512. The fourth-order valence-corrected chi connectivity index (χ4v) is 3.24. The molecule has 0 saturated carbocycles. The number of rotatable bonds is 8. The van der Waals surface area contributed by atoms with Gasteiger partial charge in [0.05, 0.1) is 19.4 Å². The Morgan fingerprint density at radius 3 is 2.67 bits per heavy atom. The molecular formula is C19H22F2N2O4. The molecule has 8 heteroatoms. The van der Waals surface area contributed by atoms with E-state index in [1.807, 2.05) is 12.1 Å². The van der Waals surface area contributed by atoms with Crippen molar-refractivity contribution < 1.29 is 27.5 Å². The number of ether oxygens (including phenoxy) is 2. The molecule has 2 aromatic rings. The number of amides is 1. The van der Waals surface area contributed by atoms with E-state index in [0.29, 0.717) is 6.54 Å². The second kappa shape index (κ2) is 8.85. The molecule has 0 bridgehead atoms. The number of likely N-dealkylation sites (tertiary alicyclic amines) is 1. The molecule has 3 rings (SSSR count). The Kier molecular flexibility index (Phi) is 6.28. The number of carbonyl (C=O) groups excluding carboxylic acids is 1. The number of furan rings is 1. The Bertz CT molecular complexity index is 746. The molecule has 1 aromatic carbocycles. The zero-order chi connectivity index (χ0) is 19.2. The number of carbonyl (C=O) groups is 1. The highest BCUT2D eigenvalue weighted by atomic mass is 19.3. The first-order valence-electron chi connectivity index (χ1n) is 8.77. The van der Waals surface area contributed by atoms with Crippen LogP contribution in [0.5, 0.6) is 11.5 Å². The fraction of sp³-hybridized carbons (Fsp3) is 0.421. The van der Waals surface area contributed by atoms with Crippen LogP contribution in [0.1, 0.15) is 35.0 Å². The summed E-state index contributed by atoms with van der Waals surface area (Å²) in [5.41, 5.74) is 0.214. The third-order valence-corrected chi connectivity index (χ3v) is 4.55. The van der Waals surface area contributed by atoms with Crippen LogP contribution in [0.25, 0.3) is 0 Å². The van der Waals surface area contributed by atoms with Crippen molar-refractivity contribution in [3.63, 3.8) is 0 Å². The van der Waals surface area contributed by atoms with Gasteiger partial charge in [0.15, 0.2) is 11.5 Å². The second-order valence-electron chi connectivity index (χ2n) is 6.23. The van der Waals surface area contributed by atoms with Crippen molar-refractivity contribution in [2.75, 3.05) is 26.7 Å². The Balaban J connectivity index is 1.70. The first kappa shape index (κ1) is 19.2. The van der Waals surface area contributed by atoms with Crippen molar-refractivity contribution in [2.24, 2.45) is 0 Å². The van der Waals surface area contributed by atoms with Gasteiger partial charge in [-0.1, -0.05) is 0 Å². The fourth-order valence-electron chi connectivity index (χ4n) is 3.24. The number of methoxy groups -OCH3 is 1. The van der Waals surface area contributed by atoms with Crippen molar-refractivity contribution >= 4 is 5.91 Å². The third kappa shape index (κ3) is 4.77. The van der Waals surface area contributed by atoms with Crippen molar-refractivity contribution in [1.82, 2.24) is 10.2 Å². The van der Waals surface area contributed by atoms with Crippen LogP contribution in [0.3, 0.4) is 0 Å². The standard InChI is InChI=1S/C19H22F2N2O4/c1-25-16-7-6-13(11-17(16)27-19(20)21)18(24)22-12-14(15-5-4-10-26-15)23-8-2-3-9-23/h4-7,10-11,14,19H,2-3,8-9,12H2,1H3,(H,22,24). The molecule has 1 aliphatic rings. The number of nitrogens with zero attached hydrogens (tertiary/aromatic N) is 1. The lowest BCUT2D eigenvalue weighted by Gasteiger charge is -2.26. The molecule has 1 fully saturated rings. The van der Waals surface area contributed by atoms with E-state index in [-0.39, 0.29) is 29.0 Å². The van der Waals surface area contributed by atoms with Crippen LogP contribution in [0, 0.1) is 0 Å². The number of halogens is 2. The second-order valence-corrected chi connectivity index (χ2v) is 6.23. The number of benzene rings is 1. The van der Waals surface area contributed by atoms with Crippen LogP contribution in [0.15, 0.2) is 41.0 Å². The predicted octanol–water partition coefficient (Wildman–Crippen LogP) is 3.46. The zero-order valence-corrected chi connectivity index (χ0v) is 15.0. The zero-order valence-electron chi connectivity index (χ0n) is 15.0. The molecular weight excluding hydrogens is 358 g/mol. The molecule has 1 unspecified atom stereocenters. The minimum atomic E-state index is -3.00. The monoisotopic (exact) mass is 380 g/mol. The lowest BCUT2D eigenvalue weighted by Crippen LogP contribution is -2.36. The Labute approximate surface area is 156 Å². The molecule has 1 amide bonds. The van der Waals surface area contributed by atoms with Crippen LogP contribution < -0.4 is 14.8 Å². The molecule has 2 heterocycles. The van der Waals surface area contributed by atoms with E-state index in [4.69, 9.17) is 9.15 Å². The van der Waals surface area contributed by atoms with E-state index >= 15 is 0 Å². The van der Waals surface area contributed by atoms with Gasteiger partial charge in [-0.25, -0.2) is 0 Å². The summed E-state index contributed by atoms with van der Waals surface area (Å²) in [6.07, 6.45) is 3.83. The summed E-state index contributed by atoms with van der Waals surface area (Å²) in [6, 6.07) is 7.82. The van der Waals surface area contributed by atoms with Crippen molar-refractivity contribution in [1.29, 1.82) is 0 Å². The molecule has 146 valence electrons. The molecule has 0 spiro atoms. The molecule has 1 atom stereocenters. The molecule has 1 N–H and O–H groups in total. The average Bonchev–Trinajstić information content (AvgIpc) is 3.35. The van der Waals surface area contributed by atoms with E-state index < -0.39 is 6.61 Å². The normalized spacial score (nSPS) is 15.7. The summed E-state index contributed by atoms with van der Waals surface area (Å²) in [5.74, 6) is 0.362. The van der Waals surface area contributed by atoms with Gasteiger partial charge in [-0.05, 0) is 56.3 Å². The number of nitrogens with one attached hydrogen (secondary N) is 1. The van der Waals surface area contributed by atoms with E-state index in [2.05, 4.69) is 15.0 Å². The largest absolute Gasteiger partial charge is 0.493 e. The lowest BCUT2D eigenvalue weighted by atomic mass is 10.1. The molecule has 6 nitrogen and oxygen atoms in total. The maximum absolute atomic E-state index is 12.6. The summed E-state index contributed by atoms with van der Waals surface area (Å²) in [5, 5.41) is 2.86. The van der Waals surface area contributed by atoms with Crippen molar-refractivity contribution in [3.8, 4) is 11.5 Å². The first-order valence-corrected chi connectivity index (χ1v) is 8.77. The van der Waals surface area contributed by atoms with Gasteiger partial charge >= 0.3 is 6.61 Å². The Morgan fingerprint density at radius 2 is 2.04 bits per heavy atom. The molecule has 27 heavy (non-hydrogen) atoms. The van der Waals surface area contributed by atoms with Crippen LogP contribution in [0.2, 0.25) is 0 Å².